The summed E-state index contributed by atoms with van der Waals surface area (Å²) in [6, 6.07) is 1.06. The minimum atomic E-state index is -3.06. The third-order valence-corrected chi connectivity index (χ3v) is 1.53. The fourth-order valence-corrected chi connectivity index (χ4v) is 0.948. The molecule has 0 fully saturated rings. The van der Waals surface area contributed by atoms with Crippen molar-refractivity contribution < 1.29 is 17.6 Å². The second-order valence-corrected chi connectivity index (χ2v) is 2.50. The molecule has 0 atom stereocenters. The van der Waals surface area contributed by atoms with Crippen molar-refractivity contribution in [3.63, 3.8) is 0 Å². The van der Waals surface area contributed by atoms with Gasteiger partial charge in [0, 0.05) is 0 Å². The number of rotatable bonds is 1. The number of alkyl halides is 2. The van der Waals surface area contributed by atoms with Crippen molar-refractivity contribution in [3.05, 3.63) is 34.4 Å². The Morgan fingerprint density at radius 3 is 2.25 bits per heavy atom. The highest BCUT2D eigenvalue weighted by molar-refractivity contribution is 6.30. The van der Waals surface area contributed by atoms with Crippen molar-refractivity contribution in [1.82, 2.24) is 0 Å². The summed E-state index contributed by atoms with van der Waals surface area (Å²) in [5.41, 5.74) is -1.01. The molecular weight excluding hydrogens is 196 g/mol. The molecular formula is C7H3ClF4. The van der Waals surface area contributed by atoms with E-state index in [2.05, 4.69) is 0 Å². The summed E-state index contributed by atoms with van der Waals surface area (Å²) < 4.78 is 48.9. The zero-order chi connectivity index (χ0) is 9.30. The van der Waals surface area contributed by atoms with E-state index in [4.69, 9.17) is 11.6 Å². The van der Waals surface area contributed by atoms with Crippen molar-refractivity contribution in [3.8, 4) is 0 Å². The normalized spacial score (nSPS) is 10.8. The molecule has 0 unspecified atom stereocenters. The van der Waals surface area contributed by atoms with Gasteiger partial charge < -0.3 is 0 Å². The summed E-state index contributed by atoms with van der Waals surface area (Å²) in [5, 5.41) is -0.634. The van der Waals surface area contributed by atoms with Crippen LogP contribution in [-0.4, -0.2) is 0 Å². The van der Waals surface area contributed by atoms with Gasteiger partial charge in [0.05, 0.1) is 10.6 Å². The minimum Gasteiger partial charge on any atom is -0.207 e. The Labute approximate surface area is 70.8 Å². The summed E-state index contributed by atoms with van der Waals surface area (Å²) in [7, 11) is 0. The van der Waals surface area contributed by atoms with Gasteiger partial charge in [-0.05, 0) is 12.1 Å². The van der Waals surface area contributed by atoms with E-state index in [1.807, 2.05) is 0 Å². The number of hydrogen-bond donors (Lipinski definition) is 0. The maximum atomic E-state index is 12.7. The Morgan fingerprint density at radius 1 is 1.17 bits per heavy atom. The van der Waals surface area contributed by atoms with E-state index >= 15 is 0 Å². The average molecular weight is 199 g/mol. The molecule has 0 radical (unpaired) electrons. The molecule has 0 aromatic heterocycles. The fourth-order valence-electron chi connectivity index (χ4n) is 0.735. The van der Waals surface area contributed by atoms with Crippen LogP contribution in [0.1, 0.15) is 12.0 Å². The molecule has 0 bridgehead atoms. The van der Waals surface area contributed by atoms with Gasteiger partial charge in [-0.2, -0.15) is 0 Å². The van der Waals surface area contributed by atoms with Gasteiger partial charge in [0.1, 0.15) is 5.82 Å². The molecule has 0 aliphatic carbocycles. The van der Waals surface area contributed by atoms with Crippen LogP contribution in [0.3, 0.4) is 0 Å². The first-order chi connectivity index (χ1) is 5.52. The van der Waals surface area contributed by atoms with E-state index in [0.29, 0.717) is 12.1 Å². The number of hydrogen-bond acceptors (Lipinski definition) is 0. The van der Waals surface area contributed by atoms with Crippen LogP contribution in [-0.2, 0) is 0 Å². The van der Waals surface area contributed by atoms with Crippen molar-refractivity contribution in [2.75, 3.05) is 0 Å². The lowest BCUT2D eigenvalue weighted by Gasteiger charge is -2.02. The van der Waals surface area contributed by atoms with Crippen LogP contribution >= 0.6 is 11.6 Å². The van der Waals surface area contributed by atoms with E-state index in [1.54, 1.807) is 0 Å². The fraction of sp³-hybridized carbons (Fsp3) is 0.143. The largest absolute Gasteiger partial charge is 0.266 e. The predicted molar refractivity (Wildman–Crippen MR) is 36.3 cm³/mol. The topological polar surface area (TPSA) is 0 Å². The predicted octanol–water partition coefficient (Wildman–Crippen LogP) is 3.56. The van der Waals surface area contributed by atoms with E-state index in [0.717, 1.165) is 0 Å². The Kier molecular flexibility index (Phi) is 2.57. The van der Waals surface area contributed by atoms with E-state index in [-0.39, 0.29) is 0 Å². The van der Waals surface area contributed by atoms with Crippen LogP contribution in [0.2, 0.25) is 5.02 Å². The Bertz CT molecular complexity index is 298. The summed E-state index contributed by atoms with van der Waals surface area (Å²) in [6.07, 6.45) is -3.06. The van der Waals surface area contributed by atoms with Crippen LogP contribution in [0.25, 0.3) is 0 Å². The van der Waals surface area contributed by atoms with Gasteiger partial charge >= 0.3 is 0 Å². The SMILES string of the molecule is Fc1cc(Cl)c(F)c(C(F)F)c1. The monoisotopic (exact) mass is 198 g/mol. The highest BCUT2D eigenvalue weighted by Crippen LogP contribution is 2.27. The van der Waals surface area contributed by atoms with Crippen LogP contribution in [0.5, 0.6) is 0 Å². The Hall–Kier alpha value is -0.770. The second-order valence-electron chi connectivity index (χ2n) is 2.09. The first-order valence-corrected chi connectivity index (χ1v) is 3.32. The van der Waals surface area contributed by atoms with Gasteiger partial charge in [-0.1, -0.05) is 11.6 Å². The molecule has 0 saturated carbocycles. The molecule has 0 aliphatic rings. The van der Waals surface area contributed by atoms with Gasteiger partial charge in [-0.25, -0.2) is 17.6 Å². The highest BCUT2D eigenvalue weighted by Gasteiger charge is 2.17. The number of benzene rings is 1. The van der Waals surface area contributed by atoms with Gasteiger partial charge in [0.2, 0.25) is 0 Å². The van der Waals surface area contributed by atoms with E-state index in [9.17, 15) is 17.6 Å². The summed E-state index contributed by atoms with van der Waals surface area (Å²) >= 11 is 5.11. The third kappa shape index (κ3) is 1.69. The van der Waals surface area contributed by atoms with Gasteiger partial charge in [-0.3, -0.25) is 0 Å². The molecule has 0 N–H and O–H groups in total. The summed E-state index contributed by atoms with van der Waals surface area (Å²) in [4.78, 5) is 0. The molecule has 5 heteroatoms. The lowest BCUT2D eigenvalue weighted by molar-refractivity contribution is 0.146. The standard InChI is InChI=1S/C7H3ClF4/c8-5-2-3(9)1-4(6(5)10)7(11)12/h1-2,7H. The number of halogens is 5. The van der Waals surface area contributed by atoms with Crippen molar-refractivity contribution in [2.24, 2.45) is 0 Å². The molecule has 0 heterocycles. The first-order valence-electron chi connectivity index (χ1n) is 2.95. The maximum Gasteiger partial charge on any atom is 0.266 e. The zero-order valence-corrected chi connectivity index (χ0v) is 6.38. The molecule has 1 rings (SSSR count). The van der Waals surface area contributed by atoms with E-state index < -0.39 is 28.6 Å². The second kappa shape index (κ2) is 3.31. The molecule has 0 amide bonds. The molecule has 66 valence electrons. The lowest BCUT2D eigenvalue weighted by atomic mass is 10.2. The van der Waals surface area contributed by atoms with Crippen molar-refractivity contribution in [1.29, 1.82) is 0 Å². The van der Waals surface area contributed by atoms with Gasteiger partial charge in [0.15, 0.2) is 5.82 Å². The van der Waals surface area contributed by atoms with Crippen molar-refractivity contribution >= 4 is 11.6 Å². The van der Waals surface area contributed by atoms with Crippen LogP contribution in [0.15, 0.2) is 12.1 Å². The summed E-state index contributed by atoms with van der Waals surface area (Å²) in [6.45, 7) is 0. The maximum absolute atomic E-state index is 12.7. The van der Waals surface area contributed by atoms with Crippen LogP contribution in [0, 0.1) is 11.6 Å². The molecule has 0 aliphatic heterocycles. The van der Waals surface area contributed by atoms with Crippen molar-refractivity contribution in [2.45, 2.75) is 6.43 Å². The Morgan fingerprint density at radius 2 is 1.75 bits per heavy atom. The molecule has 0 spiro atoms. The smallest absolute Gasteiger partial charge is 0.207 e. The van der Waals surface area contributed by atoms with Crippen LogP contribution in [0.4, 0.5) is 17.6 Å². The molecule has 0 nitrogen and oxygen atoms in total. The van der Waals surface area contributed by atoms with Crippen LogP contribution < -0.4 is 0 Å². The highest BCUT2D eigenvalue weighted by atomic mass is 35.5. The van der Waals surface area contributed by atoms with Gasteiger partial charge in [0.25, 0.3) is 6.43 Å². The first kappa shape index (κ1) is 9.32. The minimum absolute atomic E-state index is 0.422. The van der Waals surface area contributed by atoms with Gasteiger partial charge in [-0.15, -0.1) is 0 Å². The van der Waals surface area contributed by atoms with E-state index in [1.165, 1.54) is 0 Å². The zero-order valence-electron chi connectivity index (χ0n) is 5.62. The Balaban J connectivity index is 3.28. The third-order valence-electron chi connectivity index (χ3n) is 1.26. The average Bonchev–Trinajstić information content (AvgIpc) is 1.96. The molecule has 0 saturated heterocycles. The summed E-state index contributed by atoms with van der Waals surface area (Å²) in [5.74, 6) is -2.25. The quantitative estimate of drug-likeness (QED) is 0.478. The molecule has 12 heavy (non-hydrogen) atoms. The molecule has 1 aromatic rings. The molecule has 1 aromatic carbocycles. The lowest BCUT2D eigenvalue weighted by Crippen LogP contribution is -1.93.